The zero-order valence-corrected chi connectivity index (χ0v) is 27.3. The van der Waals surface area contributed by atoms with Crippen molar-refractivity contribution >= 4 is 13.7 Å². The fourth-order valence-corrected chi connectivity index (χ4v) is 5.92. The van der Waals surface area contributed by atoms with Gasteiger partial charge in [-0.25, -0.2) is 4.57 Å². The highest BCUT2D eigenvalue weighted by Gasteiger charge is 2.28. The van der Waals surface area contributed by atoms with Crippen LogP contribution in [-0.2, 0) is 18.4 Å². The Morgan fingerprint density at radius 3 is 1.46 bits per heavy atom. The Balaban J connectivity index is 3.28. The van der Waals surface area contributed by atoms with Crippen molar-refractivity contribution in [2.45, 2.75) is 187 Å². The van der Waals surface area contributed by atoms with Crippen LogP contribution in [0, 0.1) is 0 Å². The molecule has 39 heavy (non-hydrogen) atoms. The maximum atomic E-state index is 12.0. The predicted molar refractivity (Wildman–Crippen MR) is 166 cm³/mol. The molecular formula is C32H66NO5P. The first-order chi connectivity index (χ1) is 18.7. The lowest BCUT2D eigenvalue weighted by atomic mass is 10.0. The summed E-state index contributed by atoms with van der Waals surface area (Å²) < 4.78 is 21.8. The number of unbranched alkanes of at least 4 members (excludes halogenated alkanes) is 21. The molecule has 0 aliphatic rings. The van der Waals surface area contributed by atoms with Crippen molar-refractivity contribution in [3.63, 3.8) is 0 Å². The van der Waals surface area contributed by atoms with Gasteiger partial charge in [-0.3, -0.25) is 13.8 Å². The zero-order valence-electron chi connectivity index (χ0n) is 26.4. The standard InChI is InChI=1S/C32H66NO5P/c1-5-6-7-8-9-10-11-12-13-14-15-16-17-18-19-20-21-22-25-28-31(34)33-29-26-23-24-27-30-37-39(35,36)38-32(2,3)4/h5-30H2,1-4H3,(H,33,34)(H,35,36). The second-order valence-corrected chi connectivity index (χ2v) is 13.8. The summed E-state index contributed by atoms with van der Waals surface area (Å²) in [5.41, 5.74) is -0.714. The van der Waals surface area contributed by atoms with Crippen LogP contribution in [0.15, 0.2) is 0 Å². The summed E-state index contributed by atoms with van der Waals surface area (Å²) in [5, 5.41) is 3.01. The molecule has 0 saturated heterocycles. The van der Waals surface area contributed by atoms with Gasteiger partial charge in [0.15, 0.2) is 0 Å². The third kappa shape index (κ3) is 32.0. The van der Waals surface area contributed by atoms with E-state index in [4.69, 9.17) is 9.05 Å². The monoisotopic (exact) mass is 575 g/mol. The summed E-state index contributed by atoms with van der Waals surface area (Å²) >= 11 is 0. The van der Waals surface area contributed by atoms with E-state index in [0.717, 1.165) is 32.1 Å². The summed E-state index contributed by atoms with van der Waals surface area (Å²) in [7, 11) is -3.98. The van der Waals surface area contributed by atoms with Gasteiger partial charge in [0.2, 0.25) is 5.91 Å². The van der Waals surface area contributed by atoms with E-state index in [1.807, 2.05) is 0 Å². The average Bonchev–Trinajstić information content (AvgIpc) is 2.85. The molecule has 1 amide bonds. The smallest absolute Gasteiger partial charge is 0.356 e. The molecule has 0 aliphatic carbocycles. The molecule has 7 heteroatoms. The quantitative estimate of drug-likeness (QED) is 0.0684. The Bertz CT molecular complexity index is 594. The molecule has 2 N–H and O–H groups in total. The Labute approximate surface area is 242 Å². The molecule has 0 aromatic rings. The average molecular weight is 576 g/mol. The van der Waals surface area contributed by atoms with Crippen LogP contribution in [0.25, 0.3) is 0 Å². The van der Waals surface area contributed by atoms with Gasteiger partial charge in [-0.2, -0.15) is 0 Å². The first kappa shape index (κ1) is 38.6. The lowest BCUT2D eigenvalue weighted by Crippen LogP contribution is -2.23. The first-order valence-corrected chi connectivity index (χ1v) is 18.1. The summed E-state index contributed by atoms with van der Waals surface area (Å²) in [6, 6.07) is 0. The highest BCUT2D eigenvalue weighted by molar-refractivity contribution is 7.47. The van der Waals surface area contributed by atoms with Gasteiger partial charge in [-0.15, -0.1) is 0 Å². The van der Waals surface area contributed by atoms with E-state index in [9.17, 15) is 14.3 Å². The largest absolute Gasteiger partial charge is 0.472 e. The SMILES string of the molecule is CCCCCCCCCCCCCCCCCCCCCC(=O)NCCCCCCOP(=O)(O)OC(C)(C)C. The number of hydrogen-bond donors (Lipinski definition) is 2. The van der Waals surface area contributed by atoms with Gasteiger partial charge < -0.3 is 10.2 Å². The maximum Gasteiger partial charge on any atom is 0.472 e. The van der Waals surface area contributed by atoms with Crippen LogP contribution in [-0.4, -0.2) is 29.6 Å². The molecule has 6 nitrogen and oxygen atoms in total. The molecule has 0 aliphatic heterocycles. The van der Waals surface area contributed by atoms with Crippen molar-refractivity contribution in [2.75, 3.05) is 13.2 Å². The number of hydrogen-bond acceptors (Lipinski definition) is 4. The molecule has 1 unspecified atom stereocenters. The minimum atomic E-state index is -3.98. The minimum absolute atomic E-state index is 0.158. The molecule has 0 aromatic carbocycles. The van der Waals surface area contributed by atoms with Crippen molar-refractivity contribution in [3.8, 4) is 0 Å². The minimum Gasteiger partial charge on any atom is -0.356 e. The molecule has 0 spiro atoms. The molecule has 0 heterocycles. The van der Waals surface area contributed by atoms with Gasteiger partial charge in [0.1, 0.15) is 0 Å². The van der Waals surface area contributed by atoms with Crippen molar-refractivity contribution in [2.24, 2.45) is 0 Å². The lowest BCUT2D eigenvalue weighted by molar-refractivity contribution is -0.121. The second-order valence-electron chi connectivity index (χ2n) is 12.4. The van der Waals surface area contributed by atoms with Crippen LogP contribution in [0.1, 0.15) is 182 Å². The molecule has 0 aromatic heterocycles. The summed E-state index contributed by atoms with van der Waals surface area (Å²) in [6.07, 6.45) is 30.0. The zero-order chi connectivity index (χ0) is 29.1. The highest BCUT2D eigenvalue weighted by atomic mass is 31.2. The lowest BCUT2D eigenvalue weighted by Gasteiger charge is -2.22. The van der Waals surface area contributed by atoms with E-state index >= 15 is 0 Å². The fraction of sp³-hybridized carbons (Fsp3) is 0.969. The molecule has 234 valence electrons. The van der Waals surface area contributed by atoms with E-state index in [2.05, 4.69) is 12.2 Å². The van der Waals surface area contributed by atoms with Crippen LogP contribution in [0.3, 0.4) is 0 Å². The summed E-state index contributed by atoms with van der Waals surface area (Å²) in [5.74, 6) is 0.158. The summed E-state index contributed by atoms with van der Waals surface area (Å²) in [4.78, 5) is 21.6. The van der Waals surface area contributed by atoms with E-state index in [1.165, 1.54) is 109 Å². The number of carbonyl (C=O) groups is 1. The van der Waals surface area contributed by atoms with E-state index < -0.39 is 13.4 Å². The van der Waals surface area contributed by atoms with Crippen molar-refractivity contribution in [1.82, 2.24) is 5.32 Å². The number of amides is 1. The molecule has 1 atom stereocenters. The molecule has 0 rings (SSSR count). The maximum absolute atomic E-state index is 12.0. The van der Waals surface area contributed by atoms with Gasteiger partial charge in [-0.05, 0) is 40.0 Å². The van der Waals surface area contributed by atoms with E-state index in [-0.39, 0.29) is 12.5 Å². The Hall–Kier alpha value is -0.420. The topological polar surface area (TPSA) is 84.9 Å². The third-order valence-corrected chi connectivity index (χ3v) is 8.33. The number of phosphoric acid groups is 1. The van der Waals surface area contributed by atoms with Crippen LogP contribution in [0.5, 0.6) is 0 Å². The normalized spacial score (nSPS) is 13.5. The van der Waals surface area contributed by atoms with Gasteiger partial charge >= 0.3 is 7.82 Å². The Morgan fingerprint density at radius 1 is 0.641 bits per heavy atom. The number of carbonyl (C=O) groups excluding carboxylic acids is 1. The van der Waals surface area contributed by atoms with Crippen LogP contribution in [0.2, 0.25) is 0 Å². The first-order valence-electron chi connectivity index (χ1n) is 16.6. The van der Waals surface area contributed by atoms with Gasteiger partial charge in [0, 0.05) is 13.0 Å². The van der Waals surface area contributed by atoms with Crippen molar-refractivity contribution in [3.05, 3.63) is 0 Å². The van der Waals surface area contributed by atoms with Crippen LogP contribution >= 0.6 is 7.82 Å². The highest BCUT2D eigenvalue weighted by Crippen LogP contribution is 2.47. The van der Waals surface area contributed by atoms with Crippen molar-refractivity contribution < 1.29 is 23.3 Å². The van der Waals surface area contributed by atoms with E-state index in [0.29, 0.717) is 19.4 Å². The number of rotatable bonds is 29. The number of nitrogens with one attached hydrogen (secondary N) is 1. The number of phosphoric ester groups is 1. The molecule has 0 bridgehead atoms. The third-order valence-electron chi connectivity index (χ3n) is 7.04. The van der Waals surface area contributed by atoms with Crippen molar-refractivity contribution in [1.29, 1.82) is 0 Å². The van der Waals surface area contributed by atoms with Crippen LogP contribution < -0.4 is 5.32 Å². The Kier molecular flexibility index (Phi) is 26.2. The second kappa shape index (κ2) is 26.5. The van der Waals surface area contributed by atoms with Gasteiger partial charge in [-0.1, -0.05) is 135 Å². The molecule has 0 radical (unpaired) electrons. The molecule has 0 fully saturated rings. The van der Waals surface area contributed by atoms with Crippen LogP contribution in [0.4, 0.5) is 0 Å². The fourth-order valence-electron chi connectivity index (χ4n) is 4.81. The summed E-state index contributed by atoms with van der Waals surface area (Å²) in [6.45, 7) is 8.34. The predicted octanol–water partition coefficient (Wildman–Crippen LogP) is 10.4. The Morgan fingerprint density at radius 2 is 1.03 bits per heavy atom. The van der Waals surface area contributed by atoms with Gasteiger partial charge in [0.25, 0.3) is 0 Å². The van der Waals surface area contributed by atoms with E-state index in [1.54, 1.807) is 20.8 Å². The molecular weight excluding hydrogens is 509 g/mol. The van der Waals surface area contributed by atoms with Gasteiger partial charge in [0.05, 0.1) is 12.2 Å². The molecule has 0 saturated carbocycles.